The molecule has 0 heterocycles. The number of methoxy groups -OCH3 is 1. The average molecular weight is 212 g/mol. The van der Waals surface area contributed by atoms with Gasteiger partial charge in [-0.1, -0.05) is 0 Å². The molecular formula is C6H13O6P. The van der Waals surface area contributed by atoms with Crippen LogP contribution in [0.4, 0.5) is 0 Å². The minimum Gasteiger partial charge on any atom is -0.467 e. The van der Waals surface area contributed by atoms with Crippen molar-refractivity contribution in [3.8, 4) is 0 Å². The molecule has 0 aromatic heterocycles. The first-order chi connectivity index (χ1) is 5.99. The van der Waals surface area contributed by atoms with Crippen molar-refractivity contribution in [3.63, 3.8) is 0 Å². The second-order valence-corrected chi connectivity index (χ2v) is 3.92. The molecule has 0 aliphatic rings. The zero-order chi connectivity index (χ0) is 10.5. The summed E-state index contributed by atoms with van der Waals surface area (Å²) in [5.41, 5.74) is 0. The Morgan fingerprint density at radius 2 is 1.69 bits per heavy atom. The van der Waals surface area contributed by atoms with Crippen LogP contribution in [-0.2, 0) is 27.7 Å². The Kier molecular flexibility index (Phi) is 5.17. The van der Waals surface area contributed by atoms with E-state index in [0.717, 1.165) is 14.2 Å². The Hall–Kier alpha value is -0.420. The summed E-state index contributed by atoms with van der Waals surface area (Å²) in [6, 6.07) is 0. The van der Waals surface area contributed by atoms with Gasteiger partial charge in [-0.05, 0) is 6.92 Å². The zero-order valence-electron chi connectivity index (χ0n) is 7.97. The summed E-state index contributed by atoms with van der Waals surface area (Å²) < 4.78 is 29.3. The lowest BCUT2D eigenvalue weighted by Gasteiger charge is -2.16. The number of phosphoric acid groups is 1. The fraction of sp³-hybridized carbons (Fsp3) is 0.833. The SMILES string of the molecule is COC(=O)C(C)OP(=O)(OC)OC. The van der Waals surface area contributed by atoms with E-state index in [1.54, 1.807) is 0 Å². The number of hydrogen-bond acceptors (Lipinski definition) is 6. The van der Waals surface area contributed by atoms with Crippen molar-refractivity contribution >= 4 is 13.8 Å². The lowest BCUT2D eigenvalue weighted by atomic mass is 10.4. The normalized spacial score (nSPS) is 13.8. The second-order valence-electron chi connectivity index (χ2n) is 2.08. The van der Waals surface area contributed by atoms with E-state index in [9.17, 15) is 9.36 Å². The Balaban J connectivity index is 4.25. The highest BCUT2D eigenvalue weighted by molar-refractivity contribution is 7.48. The van der Waals surface area contributed by atoms with Crippen molar-refractivity contribution in [1.82, 2.24) is 0 Å². The number of rotatable bonds is 5. The van der Waals surface area contributed by atoms with E-state index in [1.807, 2.05) is 0 Å². The topological polar surface area (TPSA) is 71.1 Å². The third-order valence-electron chi connectivity index (χ3n) is 1.27. The quantitative estimate of drug-likeness (QED) is 0.499. The van der Waals surface area contributed by atoms with Gasteiger partial charge >= 0.3 is 13.8 Å². The van der Waals surface area contributed by atoms with Gasteiger partial charge in [-0.15, -0.1) is 0 Å². The molecule has 0 aromatic rings. The van der Waals surface area contributed by atoms with E-state index in [4.69, 9.17) is 4.52 Å². The molecule has 78 valence electrons. The highest BCUT2D eigenvalue weighted by Crippen LogP contribution is 2.48. The molecule has 0 aliphatic heterocycles. The predicted octanol–water partition coefficient (Wildman–Crippen LogP) is 0.965. The number of esters is 1. The van der Waals surface area contributed by atoms with Crippen molar-refractivity contribution in [2.24, 2.45) is 0 Å². The number of hydrogen-bond donors (Lipinski definition) is 0. The fourth-order valence-electron chi connectivity index (χ4n) is 0.563. The van der Waals surface area contributed by atoms with Crippen LogP contribution in [0.5, 0.6) is 0 Å². The van der Waals surface area contributed by atoms with Crippen LogP contribution in [0, 0.1) is 0 Å². The molecule has 0 saturated heterocycles. The van der Waals surface area contributed by atoms with Gasteiger partial charge in [0.15, 0.2) is 6.10 Å². The maximum absolute atomic E-state index is 11.3. The Morgan fingerprint density at radius 3 is 2.00 bits per heavy atom. The summed E-state index contributed by atoms with van der Waals surface area (Å²) in [5, 5.41) is 0. The van der Waals surface area contributed by atoms with Crippen LogP contribution in [0.1, 0.15) is 6.92 Å². The molecule has 0 rings (SSSR count). The van der Waals surface area contributed by atoms with Crippen molar-refractivity contribution in [2.45, 2.75) is 13.0 Å². The van der Waals surface area contributed by atoms with Gasteiger partial charge < -0.3 is 4.74 Å². The fourth-order valence-corrected chi connectivity index (χ4v) is 1.36. The maximum atomic E-state index is 11.3. The van der Waals surface area contributed by atoms with Crippen LogP contribution >= 0.6 is 7.82 Å². The average Bonchev–Trinajstić information content (AvgIpc) is 2.16. The molecule has 0 aromatic carbocycles. The highest BCUT2D eigenvalue weighted by Gasteiger charge is 2.29. The standard InChI is InChI=1S/C6H13O6P/c1-5(6(7)9-2)12-13(8,10-3)11-4/h5H,1-4H3. The van der Waals surface area contributed by atoms with Crippen molar-refractivity contribution in [3.05, 3.63) is 0 Å². The molecule has 0 N–H and O–H groups in total. The Morgan fingerprint density at radius 1 is 1.23 bits per heavy atom. The highest BCUT2D eigenvalue weighted by atomic mass is 31.2. The van der Waals surface area contributed by atoms with Crippen molar-refractivity contribution < 1.29 is 27.7 Å². The minimum absolute atomic E-state index is 0.644. The van der Waals surface area contributed by atoms with E-state index >= 15 is 0 Å². The van der Waals surface area contributed by atoms with Crippen LogP contribution in [0.15, 0.2) is 0 Å². The zero-order valence-corrected chi connectivity index (χ0v) is 8.87. The molecule has 0 radical (unpaired) electrons. The molecule has 0 saturated carbocycles. The molecule has 0 bridgehead atoms. The van der Waals surface area contributed by atoms with E-state index in [1.165, 1.54) is 14.0 Å². The van der Waals surface area contributed by atoms with Gasteiger partial charge in [-0.25, -0.2) is 9.36 Å². The molecule has 6 nitrogen and oxygen atoms in total. The molecule has 0 amide bonds. The molecule has 0 aliphatic carbocycles. The first kappa shape index (κ1) is 12.6. The number of phosphoric ester groups is 1. The van der Waals surface area contributed by atoms with Gasteiger partial charge in [-0.2, -0.15) is 0 Å². The Bertz CT molecular complexity index is 207. The maximum Gasteiger partial charge on any atom is 0.475 e. The number of carbonyl (C=O) groups is 1. The summed E-state index contributed by atoms with van der Waals surface area (Å²) in [6.07, 6.45) is -0.990. The van der Waals surface area contributed by atoms with Crippen molar-refractivity contribution in [2.75, 3.05) is 21.3 Å². The van der Waals surface area contributed by atoms with Crippen LogP contribution in [0.25, 0.3) is 0 Å². The second kappa shape index (κ2) is 5.34. The van der Waals surface area contributed by atoms with E-state index in [-0.39, 0.29) is 0 Å². The van der Waals surface area contributed by atoms with Crippen molar-refractivity contribution in [1.29, 1.82) is 0 Å². The molecular weight excluding hydrogens is 199 g/mol. The first-order valence-corrected chi connectivity index (χ1v) is 4.93. The van der Waals surface area contributed by atoms with Crippen LogP contribution < -0.4 is 0 Å². The van der Waals surface area contributed by atoms with Gasteiger partial charge in [0.2, 0.25) is 0 Å². The van der Waals surface area contributed by atoms with E-state index in [0.29, 0.717) is 0 Å². The van der Waals surface area contributed by atoms with Gasteiger partial charge in [-0.3, -0.25) is 13.6 Å². The summed E-state index contributed by atoms with van der Waals surface area (Å²) in [6.45, 7) is 1.39. The summed E-state index contributed by atoms with van der Waals surface area (Å²) in [5.74, 6) is -0.644. The number of carbonyl (C=O) groups excluding carboxylic acids is 1. The predicted molar refractivity (Wildman–Crippen MR) is 44.2 cm³/mol. The van der Waals surface area contributed by atoms with Gasteiger partial charge in [0.25, 0.3) is 0 Å². The first-order valence-electron chi connectivity index (χ1n) is 3.47. The summed E-state index contributed by atoms with van der Waals surface area (Å²) >= 11 is 0. The van der Waals surface area contributed by atoms with Gasteiger partial charge in [0.05, 0.1) is 7.11 Å². The lowest BCUT2D eigenvalue weighted by Crippen LogP contribution is -2.21. The smallest absolute Gasteiger partial charge is 0.467 e. The third-order valence-corrected chi connectivity index (χ3v) is 2.74. The molecule has 0 fully saturated rings. The molecule has 1 atom stereocenters. The summed E-state index contributed by atoms with van der Waals surface area (Å²) in [7, 11) is -0.0821. The largest absolute Gasteiger partial charge is 0.475 e. The Labute approximate surface area is 76.7 Å². The minimum atomic E-state index is -3.61. The summed E-state index contributed by atoms with van der Waals surface area (Å²) in [4.78, 5) is 10.8. The van der Waals surface area contributed by atoms with E-state index < -0.39 is 19.9 Å². The molecule has 7 heteroatoms. The molecule has 13 heavy (non-hydrogen) atoms. The van der Waals surface area contributed by atoms with Gasteiger partial charge in [0.1, 0.15) is 0 Å². The van der Waals surface area contributed by atoms with Crippen LogP contribution in [0.2, 0.25) is 0 Å². The van der Waals surface area contributed by atoms with Crippen LogP contribution in [-0.4, -0.2) is 33.4 Å². The monoisotopic (exact) mass is 212 g/mol. The van der Waals surface area contributed by atoms with Gasteiger partial charge in [0, 0.05) is 14.2 Å². The molecule has 1 unspecified atom stereocenters. The number of ether oxygens (including phenoxy) is 1. The molecule has 0 spiro atoms. The van der Waals surface area contributed by atoms with Crippen LogP contribution in [0.3, 0.4) is 0 Å². The third kappa shape index (κ3) is 3.87. The van der Waals surface area contributed by atoms with E-state index in [2.05, 4.69) is 13.8 Å². The lowest BCUT2D eigenvalue weighted by molar-refractivity contribution is -0.148.